The lowest BCUT2D eigenvalue weighted by atomic mass is 9.73. The van der Waals surface area contributed by atoms with Crippen molar-refractivity contribution in [2.24, 2.45) is 11.8 Å². The molecule has 2 bridgehead atoms. The second-order valence-electron chi connectivity index (χ2n) is 15.9. The van der Waals surface area contributed by atoms with Crippen LogP contribution in [0.15, 0.2) is 35.7 Å². The van der Waals surface area contributed by atoms with Crippen LogP contribution in [0.3, 0.4) is 0 Å². The van der Waals surface area contributed by atoms with Gasteiger partial charge in [-0.25, -0.2) is 22.9 Å². The maximum absolute atomic E-state index is 14.5. The first-order chi connectivity index (χ1) is 26.1. The predicted octanol–water partition coefficient (Wildman–Crippen LogP) is 4.99. The van der Waals surface area contributed by atoms with Crippen molar-refractivity contribution >= 4 is 39.3 Å². The highest BCUT2D eigenvalue weighted by molar-refractivity contribution is 7.88. The number of alkyl carbamates (subject to hydrolysis) is 1. The molecule has 2 fully saturated rings. The summed E-state index contributed by atoms with van der Waals surface area (Å²) in [6.07, 6.45) is 7.29. The number of ether oxygens (including phenoxy) is 1. The minimum atomic E-state index is -3.39. The van der Waals surface area contributed by atoms with E-state index in [4.69, 9.17) is 9.72 Å². The van der Waals surface area contributed by atoms with Gasteiger partial charge >= 0.3 is 6.09 Å². The van der Waals surface area contributed by atoms with Crippen molar-refractivity contribution in [3.63, 3.8) is 0 Å². The normalized spacial score (nSPS) is 21.6. The average Bonchev–Trinajstić information content (AvgIpc) is 3.61. The van der Waals surface area contributed by atoms with E-state index in [1.807, 2.05) is 70.3 Å². The Balaban J connectivity index is 1.52. The van der Waals surface area contributed by atoms with Gasteiger partial charge in [-0.1, -0.05) is 64.4 Å². The second kappa shape index (κ2) is 20.4. The Labute approximate surface area is 333 Å². The van der Waals surface area contributed by atoms with Gasteiger partial charge in [0.2, 0.25) is 21.8 Å². The molecule has 4 rings (SSSR count). The number of hydrogen-bond acceptors (Lipinski definition) is 10. The third-order valence-electron chi connectivity index (χ3n) is 11.6. The van der Waals surface area contributed by atoms with Gasteiger partial charge in [-0.2, -0.15) is 0 Å². The number of nitrogens with one attached hydrogen (secondary N) is 4. The van der Waals surface area contributed by atoms with E-state index >= 15 is 0 Å². The fraction of sp³-hybridized carbons (Fsp3) is 0.700. The molecular weight excluding hydrogens is 739 g/mol. The lowest BCUT2D eigenvalue weighted by Crippen LogP contribution is -2.67. The molecule has 0 saturated carbocycles. The summed E-state index contributed by atoms with van der Waals surface area (Å²) in [5.41, 5.74) is 1.21. The summed E-state index contributed by atoms with van der Waals surface area (Å²) in [7, 11) is 0.465. The molecule has 2 aliphatic heterocycles. The number of nitrogens with zero attached hydrogens (tertiary/aromatic N) is 3. The molecule has 0 spiro atoms. The fourth-order valence-corrected chi connectivity index (χ4v) is 9.49. The van der Waals surface area contributed by atoms with Crippen LogP contribution in [0.5, 0.6) is 0 Å². The van der Waals surface area contributed by atoms with Crippen molar-refractivity contribution in [1.82, 2.24) is 35.5 Å². The van der Waals surface area contributed by atoms with E-state index in [9.17, 15) is 22.8 Å². The van der Waals surface area contributed by atoms with Gasteiger partial charge in [0.1, 0.15) is 16.6 Å². The van der Waals surface area contributed by atoms with Crippen LogP contribution in [0.25, 0.3) is 0 Å². The molecule has 5 atom stereocenters. The van der Waals surface area contributed by atoms with Gasteiger partial charge in [0, 0.05) is 56.6 Å². The van der Waals surface area contributed by atoms with Gasteiger partial charge in [0.15, 0.2) is 6.10 Å². The topological polar surface area (TPSA) is 162 Å². The highest BCUT2D eigenvalue weighted by Crippen LogP contribution is 2.41. The van der Waals surface area contributed by atoms with E-state index < -0.39 is 33.8 Å². The molecule has 4 N–H and O–H groups in total. The van der Waals surface area contributed by atoms with Gasteiger partial charge in [-0.15, -0.1) is 11.3 Å². The fourth-order valence-electron chi connectivity index (χ4n) is 8.13. The number of benzene rings is 1. The first kappa shape index (κ1) is 44.6. The minimum Gasteiger partial charge on any atom is -0.439 e. The molecular formula is C40H65N7O6S2. The summed E-state index contributed by atoms with van der Waals surface area (Å²) in [6, 6.07) is 9.01. The molecule has 2 aliphatic rings. The highest BCUT2D eigenvalue weighted by atomic mass is 32.2. The SMILES string of the molecule is CCNC(=O)O[C@H](C[C@H](C(C)C)N(C)C(=O)[C@@H](NC(=O)C12CCCC(CCC1)N2C)[C@@H](C)CC)c1nc(CN[C@H](CNS(C)(=O)=O)Cc2ccccc2)cs1. The number of likely N-dealkylation sites (N-methyl/N-ethyl adjacent to an activating group) is 2. The molecule has 1 aromatic carbocycles. The van der Waals surface area contributed by atoms with Crippen LogP contribution in [0.2, 0.25) is 0 Å². The Morgan fingerprint density at radius 1 is 1.09 bits per heavy atom. The predicted molar refractivity (Wildman–Crippen MR) is 218 cm³/mol. The summed E-state index contributed by atoms with van der Waals surface area (Å²) in [4.78, 5) is 50.5. The summed E-state index contributed by atoms with van der Waals surface area (Å²) in [5.74, 6) is -0.304. The van der Waals surface area contributed by atoms with Gasteiger partial charge in [0.05, 0.1) is 11.9 Å². The lowest BCUT2D eigenvalue weighted by Gasteiger charge is -2.52. The van der Waals surface area contributed by atoms with E-state index in [0.717, 1.165) is 62.5 Å². The Bertz CT molecular complexity index is 1650. The molecule has 13 nitrogen and oxygen atoms in total. The maximum atomic E-state index is 14.5. The molecule has 2 saturated heterocycles. The van der Waals surface area contributed by atoms with Crippen LogP contribution >= 0.6 is 11.3 Å². The largest absolute Gasteiger partial charge is 0.439 e. The number of rotatable bonds is 20. The zero-order valence-electron chi connectivity index (χ0n) is 34.1. The van der Waals surface area contributed by atoms with E-state index in [-0.39, 0.29) is 42.3 Å². The molecule has 0 unspecified atom stereocenters. The minimum absolute atomic E-state index is 0.00747. The average molecular weight is 804 g/mol. The van der Waals surface area contributed by atoms with Crippen LogP contribution < -0.4 is 20.7 Å². The van der Waals surface area contributed by atoms with Crippen molar-refractivity contribution in [1.29, 1.82) is 0 Å². The molecule has 0 radical (unpaired) electrons. The van der Waals surface area contributed by atoms with Crippen molar-refractivity contribution < 1.29 is 27.5 Å². The summed E-state index contributed by atoms with van der Waals surface area (Å²) >= 11 is 1.38. The smallest absolute Gasteiger partial charge is 0.407 e. The molecule has 3 amide bonds. The van der Waals surface area contributed by atoms with E-state index in [1.165, 1.54) is 11.3 Å². The third-order valence-corrected chi connectivity index (χ3v) is 13.3. The van der Waals surface area contributed by atoms with Crippen molar-refractivity contribution in [3.05, 3.63) is 52.0 Å². The Morgan fingerprint density at radius 3 is 2.36 bits per heavy atom. The van der Waals surface area contributed by atoms with E-state index in [2.05, 4.69) is 32.6 Å². The molecule has 15 heteroatoms. The quantitative estimate of drug-likeness (QED) is 0.145. The number of aromatic nitrogens is 1. The highest BCUT2D eigenvalue weighted by Gasteiger charge is 2.50. The molecule has 3 heterocycles. The van der Waals surface area contributed by atoms with Gasteiger partial charge < -0.3 is 25.6 Å². The van der Waals surface area contributed by atoms with Gasteiger partial charge in [-0.05, 0) is 76.3 Å². The van der Waals surface area contributed by atoms with E-state index in [1.54, 1.807) is 11.9 Å². The number of carbonyl (C=O) groups excluding carboxylic acids is 3. The molecule has 55 heavy (non-hydrogen) atoms. The van der Waals surface area contributed by atoms with Crippen LogP contribution in [-0.2, 0) is 37.3 Å². The monoisotopic (exact) mass is 803 g/mol. The Morgan fingerprint density at radius 2 is 1.76 bits per heavy atom. The summed E-state index contributed by atoms with van der Waals surface area (Å²) in [5, 5.41) is 11.9. The standard InChI is InChI=1S/C40H65N7O6S2/c1-9-28(5)35(45-38(49)40-20-14-18-32(47(40)7)19-15-21-40)37(48)46(6)33(27(3)4)23-34(53-39(50)41-10-2)36-44-31(26-54-36)24-42-30(25-43-55(8,51)52)22-29-16-12-11-13-17-29/h11-13,16-17,26-28,30,32-35,42-43H,9-10,14-15,18-25H2,1-8H3,(H,41,50)(H,45,49)/t28-,30-,32?,33+,34+,35-,40?/m0/s1. The molecule has 1 aromatic heterocycles. The van der Waals surface area contributed by atoms with Crippen molar-refractivity contribution in [2.45, 2.75) is 135 Å². The van der Waals surface area contributed by atoms with Gasteiger partial charge in [0.25, 0.3) is 0 Å². The van der Waals surface area contributed by atoms with Crippen molar-refractivity contribution in [3.8, 4) is 0 Å². The number of sulfonamides is 1. The lowest BCUT2D eigenvalue weighted by molar-refractivity contribution is -0.148. The molecule has 0 aliphatic carbocycles. The van der Waals surface area contributed by atoms with Crippen molar-refractivity contribution in [2.75, 3.05) is 33.4 Å². The first-order valence-corrected chi connectivity index (χ1v) is 22.8. The number of piperidine rings is 2. The van der Waals surface area contributed by atoms with Crippen LogP contribution in [0.4, 0.5) is 4.79 Å². The van der Waals surface area contributed by atoms with Crippen LogP contribution in [-0.4, -0.2) is 104 Å². The number of carbonyl (C=O) groups is 3. The number of hydrogen-bond donors (Lipinski definition) is 4. The zero-order valence-corrected chi connectivity index (χ0v) is 35.7. The molecule has 308 valence electrons. The van der Waals surface area contributed by atoms with Crippen LogP contribution in [0, 0.1) is 11.8 Å². The number of fused-ring (bicyclic) bond motifs is 2. The number of thiazole rings is 1. The Hall–Kier alpha value is -3.11. The molecule has 2 aromatic rings. The third kappa shape index (κ3) is 12.2. The zero-order chi connectivity index (χ0) is 40.3. The Kier molecular flexibility index (Phi) is 16.5. The summed E-state index contributed by atoms with van der Waals surface area (Å²) in [6.45, 7) is 10.9. The number of amides is 3. The van der Waals surface area contributed by atoms with E-state index in [0.29, 0.717) is 37.0 Å². The second-order valence-corrected chi connectivity index (χ2v) is 18.6. The van der Waals surface area contributed by atoms with Crippen LogP contribution in [0.1, 0.15) is 108 Å². The summed E-state index contributed by atoms with van der Waals surface area (Å²) < 4.78 is 32.4. The van der Waals surface area contributed by atoms with Gasteiger partial charge in [-0.3, -0.25) is 14.5 Å². The maximum Gasteiger partial charge on any atom is 0.407 e. The first-order valence-electron chi connectivity index (χ1n) is 20.0.